The minimum atomic E-state index is -5.84. The Labute approximate surface area is 109 Å². The number of halogens is 3. The van der Waals surface area contributed by atoms with E-state index < -0.39 is 15.6 Å². The van der Waals surface area contributed by atoms with Gasteiger partial charge in [0.1, 0.15) is 0 Å². The number of hydrogen-bond acceptors (Lipinski definition) is 2. The molecular weight excluding hydrogens is 236 g/mol. The molecule has 0 aromatic carbocycles. The van der Waals surface area contributed by atoms with Crippen LogP contribution < -0.4 is 0 Å². The van der Waals surface area contributed by atoms with Gasteiger partial charge in [0, 0.05) is 0 Å². The van der Waals surface area contributed by atoms with Crippen LogP contribution in [0.25, 0.3) is 0 Å². The molecule has 1 N–H and O–H groups in total. The molecule has 0 aliphatic heterocycles. The van der Waals surface area contributed by atoms with Gasteiger partial charge in [-0.1, -0.05) is 0 Å². The topological polar surface area (TPSA) is 54.4 Å². The van der Waals surface area contributed by atoms with Gasteiger partial charge in [-0.25, -0.2) is 0 Å². The summed E-state index contributed by atoms with van der Waals surface area (Å²) in [5.74, 6) is 0. The third kappa shape index (κ3) is 11.3. The fraction of sp³-hybridized carbons (Fsp3) is 1.00. The molecule has 0 atom stereocenters. The van der Waals surface area contributed by atoms with E-state index in [1.807, 2.05) is 0 Å². The summed E-state index contributed by atoms with van der Waals surface area (Å²) in [5, 5.41) is 0. The first kappa shape index (κ1) is 16.8. The Bertz CT molecular complexity index is 210. The molecule has 0 amide bonds. The molecule has 0 unspecified atom stereocenters. The molecule has 3 nitrogen and oxygen atoms in total. The van der Waals surface area contributed by atoms with Crippen LogP contribution in [0.15, 0.2) is 0 Å². The molecular formula is C5H10F3KO3S. The van der Waals surface area contributed by atoms with E-state index in [0.29, 0.717) is 0 Å². The molecule has 0 saturated carbocycles. The second-order valence-electron chi connectivity index (χ2n) is 2.27. The largest absolute Gasteiger partial charge is 0.522 e. The van der Waals surface area contributed by atoms with Crippen molar-refractivity contribution in [2.24, 2.45) is 0 Å². The number of rotatable bonds is 2. The first-order valence-corrected chi connectivity index (χ1v) is 7.35. The van der Waals surface area contributed by atoms with E-state index in [-0.39, 0.29) is 0 Å². The summed E-state index contributed by atoms with van der Waals surface area (Å²) in [6.07, 6.45) is 2.86. The predicted octanol–water partition coefficient (Wildman–Crippen LogP) is 1.77. The van der Waals surface area contributed by atoms with Crippen molar-refractivity contribution >= 4 is 59.1 Å². The van der Waals surface area contributed by atoms with Gasteiger partial charge in [0.05, 0.1) is 0 Å². The van der Waals surface area contributed by atoms with Crippen molar-refractivity contribution in [1.29, 1.82) is 0 Å². The van der Waals surface area contributed by atoms with E-state index in [2.05, 4.69) is 6.92 Å². The van der Waals surface area contributed by atoms with Gasteiger partial charge in [0.15, 0.2) is 0 Å². The Morgan fingerprint density at radius 2 is 1.69 bits per heavy atom. The molecule has 0 heterocycles. The van der Waals surface area contributed by atoms with Crippen LogP contribution in [0.3, 0.4) is 0 Å². The predicted molar refractivity (Wildman–Crippen MR) is 43.1 cm³/mol. The van der Waals surface area contributed by atoms with Crippen LogP contribution in [0, 0.1) is 0 Å². The molecule has 0 fully saturated rings. The van der Waals surface area contributed by atoms with Crippen LogP contribution in [0.2, 0.25) is 0.515 Å². The van der Waals surface area contributed by atoms with Gasteiger partial charge in [-0.15, -0.1) is 0 Å². The van der Waals surface area contributed by atoms with Gasteiger partial charge in [-0.3, -0.25) is 4.55 Å². The molecule has 13 heavy (non-hydrogen) atoms. The fourth-order valence-electron chi connectivity index (χ4n) is 0.354. The molecule has 0 rings (SSSR count). The van der Waals surface area contributed by atoms with Gasteiger partial charge in [-0.2, -0.15) is 21.6 Å². The van der Waals surface area contributed by atoms with Crippen molar-refractivity contribution in [3.63, 3.8) is 0 Å². The van der Waals surface area contributed by atoms with Crippen molar-refractivity contribution in [3.8, 4) is 0 Å². The smallest absolute Gasteiger partial charge is 0.279 e. The summed E-state index contributed by atoms with van der Waals surface area (Å²) in [5.41, 5.74) is -5.53. The number of hydrogen-bond donors (Lipinski definition) is 1. The van der Waals surface area contributed by atoms with Crippen LogP contribution in [0.5, 0.6) is 0 Å². The van der Waals surface area contributed by atoms with E-state index >= 15 is 0 Å². The summed E-state index contributed by atoms with van der Waals surface area (Å²) in [7, 11) is -5.84. The maximum atomic E-state index is 10.7. The normalized spacial score (nSPS) is 11.9. The van der Waals surface area contributed by atoms with Crippen molar-refractivity contribution < 1.29 is 26.1 Å². The summed E-state index contributed by atoms with van der Waals surface area (Å²) >= 11 is 1.11. The van der Waals surface area contributed by atoms with E-state index in [4.69, 9.17) is 13.0 Å². The zero-order valence-corrected chi connectivity index (χ0v) is 11.4. The molecule has 76 valence electrons. The van der Waals surface area contributed by atoms with Crippen molar-refractivity contribution in [2.75, 3.05) is 0 Å². The molecule has 0 aliphatic carbocycles. The van der Waals surface area contributed by atoms with Crippen LogP contribution in [0.1, 0.15) is 19.8 Å². The minimum absolute atomic E-state index is 1.11. The fourth-order valence-corrected chi connectivity index (χ4v) is 1.46. The van der Waals surface area contributed by atoms with Crippen LogP contribution in [0.4, 0.5) is 13.2 Å². The van der Waals surface area contributed by atoms with Gasteiger partial charge in [0.2, 0.25) is 0 Å². The summed E-state index contributed by atoms with van der Waals surface area (Å²) < 4.78 is 59.1. The Balaban J connectivity index is 0. The molecule has 0 aliphatic rings. The second kappa shape index (κ2) is 7.61. The third-order valence-electron chi connectivity index (χ3n) is 1.000. The van der Waals surface area contributed by atoms with Gasteiger partial charge in [0.25, 0.3) is 0 Å². The van der Waals surface area contributed by atoms with Crippen molar-refractivity contribution in [3.05, 3.63) is 0 Å². The monoisotopic (exact) mass is 246 g/mol. The quantitative estimate of drug-likeness (QED) is 0.459. The van der Waals surface area contributed by atoms with Crippen LogP contribution in [-0.4, -0.2) is 67.4 Å². The van der Waals surface area contributed by atoms with Crippen LogP contribution >= 0.6 is 0 Å². The molecule has 0 radical (unpaired) electrons. The van der Waals surface area contributed by atoms with Crippen molar-refractivity contribution in [2.45, 2.75) is 25.8 Å². The zero-order chi connectivity index (χ0) is 11.1. The van der Waals surface area contributed by atoms with Crippen molar-refractivity contribution in [1.82, 2.24) is 0 Å². The average molecular weight is 246 g/mol. The summed E-state index contributed by atoms with van der Waals surface area (Å²) in [4.78, 5) is 0. The Hall–Kier alpha value is 1.34. The molecule has 8 heteroatoms. The molecule has 0 saturated heterocycles. The maximum Gasteiger partial charge on any atom is 0.522 e. The summed E-state index contributed by atoms with van der Waals surface area (Å²) in [6.45, 7) is 2.24. The maximum absolute atomic E-state index is 10.7. The average Bonchev–Trinajstić information content (AvgIpc) is 1.85. The van der Waals surface area contributed by atoms with E-state index in [0.717, 1.165) is 49.0 Å². The second-order valence-corrected chi connectivity index (χ2v) is 5.25. The molecule has 0 bridgehead atoms. The Morgan fingerprint density at radius 3 is 1.69 bits per heavy atom. The minimum Gasteiger partial charge on any atom is -0.279 e. The number of alkyl halides is 3. The summed E-state index contributed by atoms with van der Waals surface area (Å²) in [6, 6.07) is 0. The van der Waals surface area contributed by atoms with Gasteiger partial charge >= 0.3 is 84.9 Å². The third-order valence-corrected chi connectivity index (χ3v) is 2.69. The molecule has 0 aromatic heterocycles. The SMILES string of the molecule is CCC[CH2][K].O=S(=O)(O)C(F)(F)F. The Kier molecular flexibility index (Phi) is 9.80. The van der Waals surface area contributed by atoms with Gasteiger partial charge < -0.3 is 0 Å². The number of unbranched alkanes of at least 4 members (excludes halogenated alkanes) is 1. The Morgan fingerprint density at radius 1 is 1.38 bits per heavy atom. The zero-order valence-electron chi connectivity index (χ0n) is 7.43. The first-order valence-electron chi connectivity index (χ1n) is 3.70. The molecule has 0 spiro atoms. The first-order chi connectivity index (χ1) is 5.66. The van der Waals surface area contributed by atoms with Crippen LogP contribution in [-0.2, 0) is 10.1 Å². The molecule has 0 aromatic rings. The van der Waals surface area contributed by atoms with Gasteiger partial charge in [-0.05, 0) is 0 Å². The van der Waals surface area contributed by atoms with E-state index in [9.17, 15) is 13.2 Å². The standard InChI is InChI=1S/C4H9.CHF3O3S.K/c1-3-4-2;2-1(3,4)8(5,6)7;/h1,3-4H2,2H3;(H,5,6,7);. The van der Waals surface area contributed by atoms with E-state index in [1.165, 1.54) is 13.4 Å². The van der Waals surface area contributed by atoms with E-state index in [1.54, 1.807) is 0 Å².